The van der Waals surface area contributed by atoms with Gasteiger partial charge in [-0.05, 0) is 102 Å². The van der Waals surface area contributed by atoms with Crippen molar-refractivity contribution in [2.75, 3.05) is 26.3 Å². The van der Waals surface area contributed by atoms with Gasteiger partial charge in [-0.25, -0.2) is 0 Å². The third-order valence-electron chi connectivity index (χ3n) is 7.01. The van der Waals surface area contributed by atoms with Crippen molar-refractivity contribution in [2.24, 2.45) is 0 Å². The summed E-state index contributed by atoms with van der Waals surface area (Å²) in [5, 5.41) is 20.3. The molecule has 0 unspecified atom stereocenters. The molecule has 3 aromatic rings. The number of fused-ring (bicyclic) bond motifs is 1. The molecule has 2 aliphatic rings. The van der Waals surface area contributed by atoms with Gasteiger partial charge in [0.05, 0.1) is 6.67 Å². The fraction of sp³-hybridized carbons (Fsp3) is 0.333. The van der Waals surface area contributed by atoms with E-state index in [4.69, 9.17) is 4.74 Å². The molecule has 0 spiro atoms. The Morgan fingerprint density at radius 3 is 2.54 bits per heavy atom. The van der Waals surface area contributed by atoms with Crippen molar-refractivity contribution < 1.29 is 19.3 Å². The van der Waals surface area contributed by atoms with Gasteiger partial charge in [-0.1, -0.05) is 30.3 Å². The Balaban J connectivity index is 1.47. The molecule has 182 valence electrons. The highest BCUT2D eigenvalue weighted by atomic mass is 19.1. The van der Waals surface area contributed by atoms with Gasteiger partial charge in [-0.15, -0.1) is 0 Å². The maximum atomic E-state index is 12.5. The molecule has 0 bridgehead atoms. The predicted molar refractivity (Wildman–Crippen MR) is 138 cm³/mol. The monoisotopic (exact) mass is 473 g/mol. The summed E-state index contributed by atoms with van der Waals surface area (Å²) >= 11 is 0. The molecule has 0 radical (unpaired) electrons. The SMILES string of the molecule is Oc1cccc(C2=C(c3ccc(O[C@H]4CCN(CCCF)C4)cc3)c3ccc(O)cc3CCC2)c1. The maximum Gasteiger partial charge on any atom is 0.119 e. The van der Waals surface area contributed by atoms with Crippen molar-refractivity contribution >= 4 is 11.1 Å². The molecule has 1 fully saturated rings. The highest BCUT2D eigenvalue weighted by Crippen LogP contribution is 2.41. The zero-order valence-corrected chi connectivity index (χ0v) is 19.9. The van der Waals surface area contributed by atoms with E-state index in [9.17, 15) is 14.6 Å². The summed E-state index contributed by atoms with van der Waals surface area (Å²) in [5.74, 6) is 1.38. The number of likely N-dealkylation sites (tertiary alicyclic amines) is 1. The number of allylic oxidation sites excluding steroid dienone is 1. The van der Waals surface area contributed by atoms with Crippen LogP contribution in [0.4, 0.5) is 4.39 Å². The van der Waals surface area contributed by atoms with Crippen molar-refractivity contribution in [3.05, 3.63) is 89.0 Å². The van der Waals surface area contributed by atoms with Gasteiger partial charge in [0, 0.05) is 19.6 Å². The number of hydrogen-bond donors (Lipinski definition) is 2. The molecule has 0 aromatic heterocycles. The largest absolute Gasteiger partial charge is 0.508 e. The molecule has 1 aliphatic heterocycles. The summed E-state index contributed by atoms with van der Waals surface area (Å²) in [6, 6.07) is 21.3. The van der Waals surface area contributed by atoms with Crippen LogP contribution in [0.3, 0.4) is 0 Å². The van der Waals surface area contributed by atoms with Crippen LogP contribution >= 0.6 is 0 Å². The van der Waals surface area contributed by atoms with E-state index >= 15 is 0 Å². The van der Waals surface area contributed by atoms with Crippen molar-refractivity contribution in [1.29, 1.82) is 0 Å². The van der Waals surface area contributed by atoms with Crippen LogP contribution in [0.25, 0.3) is 11.1 Å². The van der Waals surface area contributed by atoms with E-state index in [1.165, 1.54) is 5.57 Å². The lowest BCUT2D eigenvalue weighted by Crippen LogP contribution is -2.26. The number of hydrogen-bond acceptors (Lipinski definition) is 4. The number of halogens is 1. The van der Waals surface area contributed by atoms with Crippen molar-refractivity contribution in [1.82, 2.24) is 4.90 Å². The molecule has 4 nitrogen and oxygen atoms in total. The Morgan fingerprint density at radius 1 is 0.914 bits per heavy atom. The van der Waals surface area contributed by atoms with Crippen molar-refractivity contribution in [2.45, 2.75) is 38.2 Å². The molecular weight excluding hydrogens is 441 g/mol. The first kappa shape index (κ1) is 23.4. The minimum atomic E-state index is -0.271. The molecule has 1 atom stereocenters. The first-order valence-corrected chi connectivity index (χ1v) is 12.5. The Kier molecular flexibility index (Phi) is 7.05. The van der Waals surface area contributed by atoms with Gasteiger partial charge in [0.1, 0.15) is 23.4 Å². The van der Waals surface area contributed by atoms with Crippen LogP contribution in [0.1, 0.15) is 47.9 Å². The number of phenols is 2. The van der Waals surface area contributed by atoms with Crippen LogP contribution in [0, 0.1) is 0 Å². The molecule has 5 rings (SSSR count). The van der Waals surface area contributed by atoms with E-state index in [0.29, 0.717) is 6.42 Å². The van der Waals surface area contributed by atoms with Crippen molar-refractivity contribution in [3.63, 3.8) is 0 Å². The standard InChI is InChI=1S/C30H32FNO3/c31-15-3-16-32-17-14-27(20-32)35-26-11-8-21(9-12-26)30-28(22-4-1-6-24(33)18-22)7-2-5-23-19-25(34)10-13-29(23)30/h1,4,6,8-13,18-19,27,33-34H,2-3,5,7,14-17,20H2/t27-/m0/s1. The summed E-state index contributed by atoms with van der Waals surface area (Å²) in [6.45, 7) is 2.31. The van der Waals surface area contributed by atoms with Crippen LogP contribution < -0.4 is 4.74 Å². The second-order valence-electron chi connectivity index (χ2n) is 9.49. The number of ether oxygens (including phenoxy) is 1. The topological polar surface area (TPSA) is 52.9 Å². The van der Waals surface area contributed by atoms with Crippen molar-refractivity contribution in [3.8, 4) is 17.2 Å². The van der Waals surface area contributed by atoms with E-state index in [0.717, 1.165) is 78.9 Å². The molecule has 1 heterocycles. The van der Waals surface area contributed by atoms with Crippen LogP contribution in [0.2, 0.25) is 0 Å². The van der Waals surface area contributed by atoms with Gasteiger partial charge >= 0.3 is 0 Å². The zero-order chi connectivity index (χ0) is 24.2. The van der Waals surface area contributed by atoms with Crippen LogP contribution in [-0.2, 0) is 6.42 Å². The Hall–Kier alpha value is -3.31. The first-order chi connectivity index (χ1) is 17.1. The zero-order valence-electron chi connectivity index (χ0n) is 19.9. The lowest BCUT2D eigenvalue weighted by Gasteiger charge is -2.19. The second kappa shape index (κ2) is 10.5. The van der Waals surface area contributed by atoms with E-state index in [-0.39, 0.29) is 24.3 Å². The number of alkyl halides is 1. The molecule has 1 aliphatic carbocycles. The molecule has 0 amide bonds. The lowest BCUT2D eigenvalue weighted by molar-refractivity contribution is 0.198. The Labute approximate surface area is 206 Å². The smallest absolute Gasteiger partial charge is 0.119 e. The van der Waals surface area contributed by atoms with Gasteiger partial charge in [-0.2, -0.15) is 0 Å². The van der Waals surface area contributed by atoms with E-state index < -0.39 is 0 Å². The molecule has 35 heavy (non-hydrogen) atoms. The van der Waals surface area contributed by atoms with Crippen LogP contribution in [0.15, 0.2) is 66.7 Å². The summed E-state index contributed by atoms with van der Waals surface area (Å²) in [5.41, 5.74) is 6.67. The Bertz CT molecular complexity index is 1200. The van der Waals surface area contributed by atoms with Gasteiger partial charge < -0.3 is 14.9 Å². The molecule has 2 N–H and O–H groups in total. The van der Waals surface area contributed by atoms with Gasteiger partial charge in [0.15, 0.2) is 0 Å². The third kappa shape index (κ3) is 5.35. The fourth-order valence-corrected chi connectivity index (χ4v) is 5.36. The number of nitrogens with zero attached hydrogens (tertiary/aromatic N) is 1. The van der Waals surface area contributed by atoms with Gasteiger partial charge in [0.25, 0.3) is 0 Å². The first-order valence-electron chi connectivity index (χ1n) is 12.5. The minimum Gasteiger partial charge on any atom is -0.508 e. The molecule has 3 aromatic carbocycles. The third-order valence-corrected chi connectivity index (χ3v) is 7.01. The fourth-order valence-electron chi connectivity index (χ4n) is 5.36. The van der Waals surface area contributed by atoms with E-state index in [1.54, 1.807) is 12.1 Å². The summed E-state index contributed by atoms with van der Waals surface area (Å²) < 4.78 is 18.7. The van der Waals surface area contributed by atoms with Crippen LogP contribution in [0.5, 0.6) is 17.2 Å². The average molecular weight is 474 g/mol. The van der Waals surface area contributed by atoms with E-state index in [1.807, 2.05) is 42.5 Å². The highest BCUT2D eigenvalue weighted by Gasteiger charge is 2.24. The quantitative estimate of drug-likeness (QED) is 0.429. The minimum absolute atomic E-state index is 0.129. The summed E-state index contributed by atoms with van der Waals surface area (Å²) in [4.78, 5) is 2.27. The number of phenolic OH excluding ortho intramolecular Hbond substituents is 2. The number of rotatable bonds is 7. The average Bonchev–Trinajstić information content (AvgIpc) is 3.22. The summed E-state index contributed by atoms with van der Waals surface area (Å²) in [6.07, 6.45) is 4.40. The molecule has 0 saturated carbocycles. The molecule has 1 saturated heterocycles. The van der Waals surface area contributed by atoms with Crippen LogP contribution in [-0.4, -0.2) is 47.5 Å². The Morgan fingerprint density at radius 2 is 1.74 bits per heavy atom. The maximum absolute atomic E-state index is 12.5. The lowest BCUT2D eigenvalue weighted by atomic mass is 9.87. The molecular formula is C30H32FNO3. The highest BCUT2D eigenvalue weighted by molar-refractivity contribution is 6.00. The number of aromatic hydroxyl groups is 2. The van der Waals surface area contributed by atoms with Gasteiger partial charge in [0.2, 0.25) is 0 Å². The number of aryl methyl sites for hydroxylation is 1. The van der Waals surface area contributed by atoms with Gasteiger partial charge in [-0.3, -0.25) is 9.29 Å². The van der Waals surface area contributed by atoms with E-state index in [2.05, 4.69) is 17.0 Å². The summed E-state index contributed by atoms with van der Waals surface area (Å²) in [7, 11) is 0. The predicted octanol–water partition coefficient (Wildman–Crippen LogP) is 6.21. The second-order valence-corrected chi connectivity index (χ2v) is 9.49. The normalized spacial score (nSPS) is 18.4. The number of benzene rings is 3. The molecule has 5 heteroatoms.